The molecule has 0 spiro atoms. The number of ether oxygens (including phenoxy) is 1. The molecule has 220 valence electrons. The van der Waals surface area contributed by atoms with Crippen LogP contribution in [0.4, 0.5) is 13.2 Å². The van der Waals surface area contributed by atoms with Gasteiger partial charge in [0.1, 0.15) is 6.61 Å². The molecule has 1 fully saturated rings. The molecule has 4 rings (SSSR count). The lowest BCUT2D eigenvalue weighted by Crippen LogP contribution is -2.53. The lowest BCUT2D eigenvalue weighted by atomic mass is 9.92. The first-order chi connectivity index (χ1) is 19.5. The number of carbonyl (C=O) groups is 1. The van der Waals surface area contributed by atoms with Gasteiger partial charge in [-0.2, -0.15) is 13.2 Å². The van der Waals surface area contributed by atoms with Gasteiger partial charge < -0.3 is 15.6 Å². The molecule has 41 heavy (non-hydrogen) atoms. The monoisotopic (exact) mass is 570 g/mol. The maximum Gasteiger partial charge on any atom is 0.421 e. The van der Waals surface area contributed by atoms with E-state index in [0.717, 1.165) is 48.8 Å². The van der Waals surface area contributed by atoms with Crippen molar-refractivity contribution in [1.29, 1.82) is 0 Å². The molecular weight excluding hydrogens is 533 g/mol. The molecule has 1 aromatic heterocycles. The minimum absolute atomic E-state index is 0.0372. The smallest absolute Gasteiger partial charge is 0.421 e. The van der Waals surface area contributed by atoms with Gasteiger partial charge in [0.15, 0.2) is 5.60 Å². The van der Waals surface area contributed by atoms with E-state index >= 15 is 0 Å². The van der Waals surface area contributed by atoms with Crippen LogP contribution in [0.25, 0.3) is 11.1 Å². The van der Waals surface area contributed by atoms with Crippen LogP contribution < -0.4 is 5.73 Å². The summed E-state index contributed by atoms with van der Waals surface area (Å²) in [6.07, 6.45) is -0.951. The van der Waals surface area contributed by atoms with Crippen LogP contribution in [0, 0.1) is 6.92 Å². The van der Waals surface area contributed by atoms with Crippen LogP contribution in [0.1, 0.15) is 35.6 Å². The van der Waals surface area contributed by atoms with E-state index in [1.54, 1.807) is 24.5 Å². The Bertz CT molecular complexity index is 1300. The van der Waals surface area contributed by atoms with Gasteiger partial charge in [-0.25, -0.2) is 0 Å². The number of esters is 1. The number of alkyl halides is 3. The van der Waals surface area contributed by atoms with E-state index in [0.29, 0.717) is 13.1 Å². The van der Waals surface area contributed by atoms with Gasteiger partial charge in [0.25, 0.3) is 0 Å². The van der Waals surface area contributed by atoms with Crippen LogP contribution in [0.2, 0.25) is 0 Å². The highest BCUT2D eigenvalue weighted by molar-refractivity contribution is 5.70. The van der Waals surface area contributed by atoms with Crippen LogP contribution in [-0.4, -0.2) is 70.9 Å². The number of hydrogen-bond donors (Lipinski definition) is 2. The lowest BCUT2D eigenvalue weighted by molar-refractivity contribution is -0.258. The molecule has 1 unspecified atom stereocenters. The molecule has 0 aliphatic carbocycles. The van der Waals surface area contributed by atoms with Crippen molar-refractivity contribution in [3.63, 3.8) is 0 Å². The molecule has 2 aromatic carbocycles. The second kappa shape index (κ2) is 13.1. The molecular formula is C31H37F3N4O3. The molecule has 3 aromatic rings. The quantitative estimate of drug-likeness (QED) is 0.349. The van der Waals surface area contributed by atoms with Gasteiger partial charge in [0.05, 0.1) is 6.42 Å². The minimum Gasteiger partial charge on any atom is -0.464 e. The fourth-order valence-corrected chi connectivity index (χ4v) is 5.19. The summed E-state index contributed by atoms with van der Waals surface area (Å²) in [5, 5.41) is 9.97. The number of halogens is 3. The Morgan fingerprint density at radius 2 is 1.76 bits per heavy atom. The largest absolute Gasteiger partial charge is 0.464 e. The van der Waals surface area contributed by atoms with Crippen molar-refractivity contribution >= 4 is 5.97 Å². The van der Waals surface area contributed by atoms with Gasteiger partial charge >= 0.3 is 12.1 Å². The predicted octanol–water partition coefficient (Wildman–Crippen LogP) is 4.41. The summed E-state index contributed by atoms with van der Waals surface area (Å²) in [5.74, 6) is -0.268. The van der Waals surface area contributed by atoms with E-state index in [-0.39, 0.29) is 37.1 Å². The van der Waals surface area contributed by atoms with Crippen molar-refractivity contribution < 1.29 is 27.8 Å². The number of rotatable bonds is 10. The molecule has 1 aliphatic rings. The highest BCUT2D eigenvalue weighted by atomic mass is 19.4. The van der Waals surface area contributed by atoms with E-state index in [4.69, 9.17) is 10.5 Å². The third kappa shape index (κ3) is 7.71. The first-order valence-electron chi connectivity index (χ1n) is 13.7. The van der Waals surface area contributed by atoms with E-state index in [2.05, 4.69) is 20.9 Å². The molecule has 7 nitrogen and oxygen atoms in total. The summed E-state index contributed by atoms with van der Waals surface area (Å²) >= 11 is 0. The number of carbonyl (C=O) groups excluding carboxylic acids is 1. The standard InChI is InChI=1S/C31H37F3N4O3/c1-22-17-24(3-8-28(22)25-4-6-26(7-5-25)30(2,40)31(32,33)34)20-38-15-14-37(19-23-9-12-36-13-10-23)21-27(38)18-29(39)41-16-11-35/h3-10,12-13,17,27,40H,11,14-16,18-21,35H2,1-2H3/t27-,30?/m1/s1. The topological polar surface area (TPSA) is 91.9 Å². The van der Waals surface area contributed by atoms with Crippen molar-refractivity contribution in [3.05, 3.63) is 89.2 Å². The van der Waals surface area contributed by atoms with Crippen molar-refractivity contribution in [2.24, 2.45) is 5.73 Å². The van der Waals surface area contributed by atoms with Gasteiger partial charge in [-0.15, -0.1) is 0 Å². The molecule has 0 amide bonds. The zero-order valence-electron chi connectivity index (χ0n) is 23.4. The van der Waals surface area contributed by atoms with Crippen molar-refractivity contribution in [2.75, 3.05) is 32.8 Å². The number of nitrogens with two attached hydrogens (primary N) is 1. The number of hydrogen-bond acceptors (Lipinski definition) is 7. The number of aryl methyl sites for hydroxylation is 1. The number of piperazine rings is 1. The zero-order valence-corrected chi connectivity index (χ0v) is 23.4. The average Bonchev–Trinajstić information content (AvgIpc) is 2.93. The number of pyridine rings is 1. The third-order valence-corrected chi connectivity index (χ3v) is 7.61. The Balaban J connectivity index is 1.47. The summed E-state index contributed by atoms with van der Waals surface area (Å²) in [6, 6.07) is 15.8. The first-order valence-corrected chi connectivity index (χ1v) is 13.7. The van der Waals surface area contributed by atoms with Gasteiger partial charge in [-0.3, -0.25) is 19.6 Å². The lowest BCUT2D eigenvalue weighted by Gasteiger charge is -2.41. The van der Waals surface area contributed by atoms with Crippen LogP contribution in [0.3, 0.4) is 0 Å². The summed E-state index contributed by atoms with van der Waals surface area (Å²) < 4.78 is 45.0. The Kier molecular flexibility index (Phi) is 9.80. The predicted molar refractivity (Wildman–Crippen MR) is 151 cm³/mol. The van der Waals surface area contributed by atoms with Gasteiger partial charge in [0, 0.05) is 57.7 Å². The van der Waals surface area contributed by atoms with E-state index in [9.17, 15) is 23.1 Å². The molecule has 0 bridgehead atoms. The fourth-order valence-electron chi connectivity index (χ4n) is 5.19. The summed E-state index contributed by atoms with van der Waals surface area (Å²) in [6.45, 7) is 6.96. The maximum absolute atomic E-state index is 13.2. The Morgan fingerprint density at radius 3 is 2.39 bits per heavy atom. The highest BCUT2D eigenvalue weighted by Gasteiger charge is 2.51. The fraction of sp³-hybridized carbons (Fsp3) is 0.419. The van der Waals surface area contributed by atoms with Gasteiger partial charge in [0.2, 0.25) is 0 Å². The van der Waals surface area contributed by atoms with Crippen molar-refractivity contribution in [3.8, 4) is 11.1 Å². The molecule has 1 aliphatic heterocycles. The molecule has 2 atom stereocenters. The molecule has 0 radical (unpaired) electrons. The van der Waals surface area contributed by atoms with Crippen LogP contribution >= 0.6 is 0 Å². The van der Waals surface area contributed by atoms with Crippen molar-refractivity contribution in [2.45, 2.75) is 51.2 Å². The summed E-state index contributed by atoms with van der Waals surface area (Å²) in [5.41, 5.74) is 7.26. The van der Waals surface area contributed by atoms with Crippen LogP contribution in [0.15, 0.2) is 67.0 Å². The number of aromatic nitrogens is 1. The highest BCUT2D eigenvalue weighted by Crippen LogP contribution is 2.39. The minimum atomic E-state index is -4.77. The number of aliphatic hydroxyl groups is 1. The SMILES string of the molecule is Cc1cc(CN2CCN(Cc3ccncc3)C[C@H]2CC(=O)OCCN)ccc1-c1ccc(C(C)(O)C(F)(F)F)cc1. The number of benzene rings is 2. The summed E-state index contributed by atoms with van der Waals surface area (Å²) in [4.78, 5) is 21.2. The molecule has 3 N–H and O–H groups in total. The zero-order chi connectivity index (χ0) is 29.6. The molecule has 10 heteroatoms. The van der Waals surface area contributed by atoms with E-state index in [1.807, 2.05) is 31.2 Å². The summed E-state index contributed by atoms with van der Waals surface area (Å²) in [7, 11) is 0. The third-order valence-electron chi connectivity index (χ3n) is 7.61. The normalized spacial score (nSPS) is 18.2. The second-order valence-corrected chi connectivity index (χ2v) is 10.7. The van der Waals surface area contributed by atoms with Gasteiger partial charge in [-0.1, -0.05) is 42.5 Å². The molecule has 0 saturated carbocycles. The van der Waals surface area contributed by atoms with Crippen molar-refractivity contribution in [1.82, 2.24) is 14.8 Å². The average molecular weight is 571 g/mol. The Labute approximate surface area is 238 Å². The second-order valence-electron chi connectivity index (χ2n) is 10.7. The molecule has 1 saturated heterocycles. The van der Waals surface area contributed by atoms with Crippen LogP contribution in [-0.2, 0) is 28.2 Å². The van der Waals surface area contributed by atoms with E-state index < -0.39 is 11.8 Å². The Morgan fingerprint density at radius 1 is 1.05 bits per heavy atom. The Hall–Kier alpha value is -3.31. The number of nitrogens with zero attached hydrogens (tertiary/aromatic N) is 3. The first kappa shape index (κ1) is 30.6. The van der Waals surface area contributed by atoms with Gasteiger partial charge in [-0.05, 0) is 59.4 Å². The maximum atomic E-state index is 13.2. The van der Waals surface area contributed by atoms with Crippen LogP contribution in [0.5, 0.6) is 0 Å². The molecule has 2 heterocycles. The van der Waals surface area contributed by atoms with E-state index in [1.165, 1.54) is 17.7 Å².